The smallest absolute Gasteiger partial charge is 0.223 e. The van der Waals surface area contributed by atoms with Gasteiger partial charge in [0.05, 0.1) is 0 Å². The highest BCUT2D eigenvalue weighted by Crippen LogP contribution is 2.25. The Morgan fingerprint density at radius 2 is 2.26 bits per heavy atom. The van der Waals surface area contributed by atoms with Gasteiger partial charge < -0.3 is 16.0 Å². The lowest BCUT2D eigenvalue weighted by molar-refractivity contribution is 0.230. The van der Waals surface area contributed by atoms with Gasteiger partial charge in [0.25, 0.3) is 0 Å². The third-order valence-electron chi connectivity index (χ3n) is 4.00. The van der Waals surface area contributed by atoms with E-state index in [0.29, 0.717) is 12.0 Å². The van der Waals surface area contributed by atoms with Gasteiger partial charge in [-0.25, -0.2) is 0 Å². The van der Waals surface area contributed by atoms with Crippen molar-refractivity contribution in [1.82, 2.24) is 14.9 Å². The number of hydrogen-bond acceptors (Lipinski definition) is 6. The summed E-state index contributed by atoms with van der Waals surface area (Å²) in [5, 5.41) is 3.21. The van der Waals surface area contributed by atoms with E-state index in [0.717, 1.165) is 37.8 Å². The Balaban J connectivity index is 1.77. The first kappa shape index (κ1) is 12.5. The molecule has 1 unspecified atom stereocenters. The molecule has 6 nitrogen and oxygen atoms in total. The Morgan fingerprint density at radius 1 is 1.37 bits per heavy atom. The quantitative estimate of drug-likeness (QED) is 0.838. The summed E-state index contributed by atoms with van der Waals surface area (Å²) in [6.45, 7) is 7.36. The minimum atomic E-state index is 0.349. The van der Waals surface area contributed by atoms with Gasteiger partial charge in [-0.1, -0.05) is 0 Å². The van der Waals surface area contributed by atoms with Gasteiger partial charge >= 0.3 is 0 Å². The maximum atomic E-state index is 5.80. The van der Waals surface area contributed by atoms with Crippen LogP contribution < -0.4 is 16.0 Å². The molecule has 0 aromatic carbocycles. The molecule has 3 rings (SSSR count). The van der Waals surface area contributed by atoms with E-state index in [1.54, 1.807) is 0 Å². The van der Waals surface area contributed by atoms with Crippen LogP contribution in [0.1, 0.15) is 19.8 Å². The summed E-state index contributed by atoms with van der Waals surface area (Å²) in [6, 6.07) is 2.69. The Bertz CT molecular complexity index is 449. The van der Waals surface area contributed by atoms with Gasteiger partial charge in [0.1, 0.15) is 11.6 Å². The predicted molar refractivity (Wildman–Crippen MR) is 77.4 cm³/mol. The molecule has 1 aromatic rings. The Hall–Kier alpha value is -1.56. The number of nitrogens with two attached hydrogens (primary N) is 1. The van der Waals surface area contributed by atoms with Crippen molar-refractivity contribution in [1.29, 1.82) is 0 Å². The van der Waals surface area contributed by atoms with Gasteiger partial charge in [0.15, 0.2) is 0 Å². The normalized spacial score (nSPS) is 23.4. The van der Waals surface area contributed by atoms with E-state index in [4.69, 9.17) is 5.73 Å². The zero-order valence-electron chi connectivity index (χ0n) is 11.5. The topological polar surface area (TPSA) is 70.3 Å². The van der Waals surface area contributed by atoms with Crippen LogP contribution in [0.2, 0.25) is 0 Å². The van der Waals surface area contributed by atoms with Crippen LogP contribution in [0.4, 0.5) is 17.6 Å². The number of piperazine rings is 1. The fourth-order valence-electron chi connectivity index (χ4n) is 3.09. The van der Waals surface area contributed by atoms with E-state index >= 15 is 0 Å². The zero-order chi connectivity index (χ0) is 13.2. The van der Waals surface area contributed by atoms with Crippen LogP contribution in [0, 0.1) is 0 Å². The molecule has 3 N–H and O–H groups in total. The van der Waals surface area contributed by atoms with Crippen LogP contribution in [0.15, 0.2) is 6.07 Å². The largest absolute Gasteiger partial charge is 0.370 e. The molecule has 19 heavy (non-hydrogen) atoms. The molecular weight excluding hydrogens is 240 g/mol. The summed E-state index contributed by atoms with van der Waals surface area (Å²) in [7, 11) is 0. The molecule has 2 saturated heterocycles. The van der Waals surface area contributed by atoms with Crippen LogP contribution in [0.3, 0.4) is 0 Å². The van der Waals surface area contributed by atoms with Crippen molar-refractivity contribution in [3.8, 4) is 0 Å². The molecule has 104 valence electrons. The maximum Gasteiger partial charge on any atom is 0.223 e. The van der Waals surface area contributed by atoms with Gasteiger partial charge in [-0.05, 0) is 26.3 Å². The molecule has 1 aromatic heterocycles. The highest BCUT2D eigenvalue weighted by Gasteiger charge is 2.31. The van der Waals surface area contributed by atoms with Crippen molar-refractivity contribution >= 4 is 17.6 Å². The van der Waals surface area contributed by atoms with Crippen molar-refractivity contribution < 1.29 is 0 Å². The first-order valence-corrected chi connectivity index (χ1v) is 7.13. The van der Waals surface area contributed by atoms with Crippen LogP contribution >= 0.6 is 0 Å². The molecule has 2 fully saturated rings. The molecule has 2 aliphatic rings. The van der Waals surface area contributed by atoms with Gasteiger partial charge in [0, 0.05) is 38.3 Å². The maximum absolute atomic E-state index is 5.80. The monoisotopic (exact) mass is 262 g/mol. The second-order valence-corrected chi connectivity index (χ2v) is 5.28. The average Bonchev–Trinajstić information content (AvgIpc) is 2.85. The zero-order valence-corrected chi connectivity index (χ0v) is 11.5. The molecule has 0 aliphatic carbocycles. The van der Waals surface area contributed by atoms with E-state index < -0.39 is 0 Å². The number of rotatable bonds is 3. The van der Waals surface area contributed by atoms with Crippen molar-refractivity contribution in [3.05, 3.63) is 6.07 Å². The Labute approximate surface area is 114 Å². The lowest BCUT2D eigenvalue weighted by Gasteiger charge is -2.38. The van der Waals surface area contributed by atoms with Crippen LogP contribution in [-0.4, -0.2) is 53.6 Å². The predicted octanol–water partition coefficient (Wildman–Crippen LogP) is 0.775. The lowest BCUT2D eigenvalue weighted by Crippen LogP contribution is -2.50. The van der Waals surface area contributed by atoms with Crippen LogP contribution in [-0.2, 0) is 0 Å². The molecule has 0 bridgehead atoms. The second kappa shape index (κ2) is 5.21. The molecule has 6 heteroatoms. The van der Waals surface area contributed by atoms with Crippen LogP contribution in [0.25, 0.3) is 0 Å². The standard InChI is InChI=1S/C13H22N6/c1-2-15-11-8-12(17-13(14)16-11)19-7-6-18-5-3-4-10(18)9-19/h8,10H,2-7,9H2,1H3,(H3,14,15,16,17). The van der Waals surface area contributed by atoms with Crippen molar-refractivity contribution in [2.45, 2.75) is 25.8 Å². The highest BCUT2D eigenvalue weighted by molar-refractivity contribution is 5.53. The third kappa shape index (κ3) is 2.58. The van der Waals surface area contributed by atoms with Crippen molar-refractivity contribution in [2.75, 3.05) is 48.7 Å². The summed E-state index contributed by atoms with van der Waals surface area (Å²) in [6.07, 6.45) is 2.63. The second-order valence-electron chi connectivity index (χ2n) is 5.28. The van der Waals surface area contributed by atoms with Gasteiger partial charge in [-0.15, -0.1) is 0 Å². The molecule has 3 heterocycles. The number of fused-ring (bicyclic) bond motifs is 1. The van der Waals surface area contributed by atoms with E-state index in [-0.39, 0.29) is 0 Å². The molecule has 2 aliphatic heterocycles. The average molecular weight is 262 g/mol. The van der Waals surface area contributed by atoms with Gasteiger partial charge in [0.2, 0.25) is 5.95 Å². The van der Waals surface area contributed by atoms with E-state index in [2.05, 4.69) is 32.0 Å². The van der Waals surface area contributed by atoms with E-state index in [1.807, 2.05) is 6.07 Å². The molecule has 0 amide bonds. The number of nitrogens with one attached hydrogen (secondary N) is 1. The SMILES string of the molecule is CCNc1cc(N2CCN3CCCC3C2)nc(N)n1. The van der Waals surface area contributed by atoms with Crippen molar-refractivity contribution in [3.63, 3.8) is 0 Å². The number of nitrogens with zero attached hydrogens (tertiary/aromatic N) is 4. The Kier molecular flexibility index (Phi) is 3.42. The van der Waals surface area contributed by atoms with E-state index in [9.17, 15) is 0 Å². The van der Waals surface area contributed by atoms with Gasteiger partial charge in [-0.2, -0.15) is 9.97 Å². The summed E-state index contributed by atoms with van der Waals surface area (Å²) >= 11 is 0. The van der Waals surface area contributed by atoms with Crippen molar-refractivity contribution in [2.24, 2.45) is 0 Å². The number of anilines is 3. The molecule has 0 radical (unpaired) electrons. The fourth-order valence-corrected chi connectivity index (χ4v) is 3.09. The Morgan fingerprint density at radius 3 is 3.11 bits per heavy atom. The molecule has 1 atom stereocenters. The van der Waals surface area contributed by atoms with Gasteiger partial charge in [-0.3, -0.25) is 4.90 Å². The first-order chi connectivity index (χ1) is 9.26. The van der Waals surface area contributed by atoms with E-state index in [1.165, 1.54) is 19.4 Å². The highest BCUT2D eigenvalue weighted by atomic mass is 15.3. The van der Waals surface area contributed by atoms with Crippen LogP contribution in [0.5, 0.6) is 0 Å². The number of nitrogen functional groups attached to an aromatic ring is 1. The lowest BCUT2D eigenvalue weighted by atomic mass is 10.1. The fraction of sp³-hybridized carbons (Fsp3) is 0.692. The molecule has 0 saturated carbocycles. The third-order valence-corrected chi connectivity index (χ3v) is 4.00. The summed E-state index contributed by atoms with van der Waals surface area (Å²) in [5.74, 6) is 2.12. The summed E-state index contributed by atoms with van der Waals surface area (Å²) in [4.78, 5) is 13.5. The summed E-state index contributed by atoms with van der Waals surface area (Å²) < 4.78 is 0. The minimum absolute atomic E-state index is 0.349. The molecular formula is C13H22N6. The minimum Gasteiger partial charge on any atom is -0.370 e. The number of aromatic nitrogens is 2. The summed E-state index contributed by atoms with van der Waals surface area (Å²) in [5.41, 5.74) is 5.80. The molecule has 0 spiro atoms. The first-order valence-electron chi connectivity index (χ1n) is 7.13. The number of hydrogen-bond donors (Lipinski definition) is 2.